The first kappa shape index (κ1) is 26.6. The van der Waals surface area contributed by atoms with Crippen molar-refractivity contribution in [1.29, 1.82) is 0 Å². The summed E-state index contributed by atoms with van der Waals surface area (Å²) in [6.07, 6.45) is 8.02. The largest absolute Gasteiger partial charge is 0.506 e. The monoisotopic (exact) mass is 584 g/mol. The number of phenolic OH excluding ortho intramolecular Hbond substituents is 1. The van der Waals surface area contributed by atoms with Crippen molar-refractivity contribution < 1.29 is 14.6 Å². The molecule has 1 saturated heterocycles. The van der Waals surface area contributed by atoms with Crippen LogP contribution in [-0.2, 0) is 23.5 Å². The topological polar surface area (TPSA) is 54.7 Å². The fourth-order valence-electron chi connectivity index (χ4n) is 5.56. The number of carbonyl (C=O) groups excluding carboxylic acids is 1. The zero-order chi connectivity index (χ0) is 25.8. The number of piperidine rings is 1. The van der Waals surface area contributed by atoms with E-state index in [0.29, 0.717) is 29.2 Å². The van der Waals surface area contributed by atoms with Crippen LogP contribution in [0.5, 0.6) is 5.75 Å². The molecule has 1 saturated carbocycles. The molecule has 1 aliphatic heterocycles. The van der Waals surface area contributed by atoms with Gasteiger partial charge in [0.15, 0.2) is 0 Å². The summed E-state index contributed by atoms with van der Waals surface area (Å²) in [5.41, 5.74) is 4.98. The molecular weight excluding hydrogens is 548 g/mol. The van der Waals surface area contributed by atoms with Gasteiger partial charge in [-0.1, -0.05) is 36.8 Å². The van der Waals surface area contributed by atoms with Gasteiger partial charge in [-0.25, -0.2) is 4.79 Å². The lowest BCUT2D eigenvalue weighted by Crippen LogP contribution is -2.29. The molecule has 198 valence electrons. The lowest BCUT2D eigenvalue weighted by Gasteiger charge is -2.27. The maximum atomic E-state index is 13.5. The summed E-state index contributed by atoms with van der Waals surface area (Å²) in [5.74, 6) is 1.77. The third kappa shape index (κ3) is 6.04. The molecule has 0 atom stereocenters. The highest BCUT2D eigenvalue weighted by atomic mass is 79.9. The van der Waals surface area contributed by atoms with Gasteiger partial charge in [0.05, 0.1) is 22.2 Å². The molecule has 2 fully saturated rings. The van der Waals surface area contributed by atoms with E-state index in [1.54, 1.807) is 0 Å². The SMILES string of the molecule is CCOC(=O)c1c(CSCCCc2ccccc2)n(C2CC2)c2cc(Br)c(O)c(CN3CCCCC3)c12. The molecule has 0 radical (unpaired) electrons. The van der Waals surface area contributed by atoms with Crippen LogP contribution in [0.15, 0.2) is 40.9 Å². The van der Waals surface area contributed by atoms with Gasteiger partial charge in [-0.15, -0.1) is 0 Å². The lowest BCUT2D eigenvalue weighted by atomic mass is 10.0. The van der Waals surface area contributed by atoms with Crippen LogP contribution in [0, 0.1) is 0 Å². The minimum atomic E-state index is -0.270. The van der Waals surface area contributed by atoms with Crippen molar-refractivity contribution in [3.63, 3.8) is 0 Å². The van der Waals surface area contributed by atoms with Crippen LogP contribution < -0.4 is 0 Å². The highest BCUT2D eigenvalue weighted by molar-refractivity contribution is 9.10. The first-order valence-corrected chi connectivity index (χ1v) is 15.6. The van der Waals surface area contributed by atoms with Crippen molar-refractivity contribution in [1.82, 2.24) is 9.47 Å². The minimum absolute atomic E-state index is 0.249. The molecule has 0 amide bonds. The fourth-order valence-corrected chi connectivity index (χ4v) is 6.98. The van der Waals surface area contributed by atoms with E-state index in [2.05, 4.69) is 55.7 Å². The van der Waals surface area contributed by atoms with Gasteiger partial charge in [0.1, 0.15) is 5.75 Å². The van der Waals surface area contributed by atoms with Crippen LogP contribution in [-0.4, -0.2) is 46.0 Å². The number of esters is 1. The summed E-state index contributed by atoms with van der Waals surface area (Å²) < 4.78 is 8.70. The number of aromatic nitrogens is 1. The van der Waals surface area contributed by atoms with Gasteiger partial charge in [-0.3, -0.25) is 4.90 Å². The standard InChI is InChI=1S/C30H37BrN2O3S/c1-2-36-30(35)28-26(20-37-17-9-12-21-10-5-3-6-11-21)33(22-13-14-22)25-18-24(31)29(34)23(27(25)28)19-32-15-7-4-8-16-32/h3,5-6,10-11,18,22,34H,2,4,7-9,12-17,19-20H2,1H3. The van der Waals surface area contributed by atoms with E-state index < -0.39 is 0 Å². The molecule has 3 aromatic rings. The summed E-state index contributed by atoms with van der Waals surface area (Å²) in [4.78, 5) is 15.9. The lowest BCUT2D eigenvalue weighted by molar-refractivity contribution is 0.0527. The van der Waals surface area contributed by atoms with Crippen LogP contribution in [0.1, 0.15) is 78.7 Å². The third-order valence-corrected chi connectivity index (χ3v) is 9.14. The Kier molecular flexibility index (Phi) is 8.83. The van der Waals surface area contributed by atoms with Gasteiger partial charge in [-0.05, 0) is 91.9 Å². The number of aromatic hydroxyl groups is 1. The summed E-state index contributed by atoms with van der Waals surface area (Å²) in [6.45, 7) is 4.89. The van der Waals surface area contributed by atoms with Gasteiger partial charge in [0.25, 0.3) is 0 Å². The Labute approximate surface area is 232 Å². The summed E-state index contributed by atoms with van der Waals surface area (Å²) in [6, 6.07) is 13.0. The van der Waals surface area contributed by atoms with Crippen LogP contribution in [0.4, 0.5) is 0 Å². The van der Waals surface area contributed by atoms with Crippen LogP contribution >= 0.6 is 27.7 Å². The van der Waals surface area contributed by atoms with Gasteiger partial charge in [-0.2, -0.15) is 11.8 Å². The normalized spacial score (nSPS) is 16.4. The highest BCUT2D eigenvalue weighted by Gasteiger charge is 2.34. The van der Waals surface area contributed by atoms with E-state index in [0.717, 1.165) is 72.4 Å². The molecule has 1 aromatic heterocycles. The quantitative estimate of drug-likeness (QED) is 0.187. The molecule has 1 N–H and O–H groups in total. The van der Waals surface area contributed by atoms with Gasteiger partial charge >= 0.3 is 5.97 Å². The van der Waals surface area contributed by atoms with E-state index >= 15 is 0 Å². The number of aryl methyl sites for hydroxylation is 1. The molecule has 5 rings (SSSR count). The van der Waals surface area contributed by atoms with E-state index in [4.69, 9.17) is 4.74 Å². The Hall–Kier alpha value is -1.96. The Bertz CT molecular complexity index is 1230. The van der Waals surface area contributed by atoms with Crippen molar-refractivity contribution in [2.24, 2.45) is 0 Å². The first-order chi connectivity index (χ1) is 18.1. The number of rotatable bonds is 11. The van der Waals surface area contributed by atoms with Crippen molar-refractivity contribution in [2.45, 2.75) is 70.2 Å². The fraction of sp³-hybridized carbons (Fsp3) is 0.500. The van der Waals surface area contributed by atoms with Crippen LogP contribution in [0.2, 0.25) is 0 Å². The van der Waals surface area contributed by atoms with Crippen molar-refractivity contribution in [3.05, 3.63) is 63.3 Å². The Morgan fingerprint density at radius 1 is 1.16 bits per heavy atom. The number of ether oxygens (including phenoxy) is 1. The van der Waals surface area contributed by atoms with Crippen LogP contribution in [0.25, 0.3) is 10.9 Å². The number of nitrogens with zero attached hydrogens (tertiary/aromatic N) is 2. The molecular formula is C30H37BrN2O3S. The summed E-state index contributed by atoms with van der Waals surface area (Å²) in [7, 11) is 0. The second kappa shape index (κ2) is 12.3. The molecule has 37 heavy (non-hydrogen) atoms. The number of thioether (sulfide) groups is 1. The number of benzene rings is 2. The van der Waals surface area contributed by atoms with E-state index in [1.165, 1.54) is 24.8 Å². The second-order valence-corrected chi connectivity index (χ2v) is 12.2. The molecule has 1 aliphatic carbocycles. The maximum absolute atomic E-state index is 13.5. The van der Waals surface area contributed by atoms with Gasteiger partial charge < -0.3 is 14.4 Å². The summed E-state index contributed by atoms with van der Waals surface area (Å²) >= 11 is 5.52. The Morgan fingerprint density at radius 3 is 2.62 bits per heavy atom. The molecule has 0 unspecified atom stereocenters. The number of carbonyl (C=O) groups is 1. The molecule has 5 nitrogen and oxygen atoms in total. The predicted molar refractivity (Wildman–Crippen MR) is 156 cm³/mol. The number of fused-ring (bicyclic) bond motifs is 1. The van der Waals surface area contributed by atoms with Gasteiger partial charge in [0, 0.05) is 35.0 Å². The van der Waals surface area contributed by atoms with E-state index in [-0.39, 0.29) is 11.7 Å². The molecule has 7 heteroatoms. The first-order valence-electron chi connectivity index (χ1n) is 13.7. The Balaban J connectivity index is 1.50. The van der Waals surface area contributed by atoms with E-state index in [9.17, 15) is 9.90 Å². The molecule has 2 aromatic carbocycles. The zero-order valence-electron chi connectivity index (χ0n) is 21.7. The Morgan fingerprint density at radius 2 is 1.92 bits per heavy atom. The van der Waals surface area contributed by atoms with Crippen LogP contribution in [0.3, 0.4) is 0 Å². The predicted octanol–water partition coefficient (Wildman–Crippen LogP) is 7.47. The van der Waals surface area contributed by atoms with Crippen molar-refractivity contribution in [3.8, 4) is 5.75 Å². The average molecular weight is 586 g/mol. The van der Waals surface area contributed by atoms with Crippen molar-refractivity contribution in [2.75, 3.05) is 25.4 Å². The van der Waals surface area contributed by atoms with Crippen molar-refractivity contribution >= 4 is 44.6 Å². The van der Waals surface area contributed by atoms with Gasteiger partial charge in [0.2, 0.25) is 0 Å². The highest BCUT2D eigenvalue weighted by Crippen LogP contribution is 2.47. The molecule has 0 spiro atoms. The number of phenols is 1. The second-order valence-electron chi connectivity index (χ2n) is 10.2. The molecule has 0 bridgehead atoms. The number of halogens is 1. The number of hydrogen-bond acceptors (Lipinski definition) is 5. The minimum Gasteiger partial charge on any atom is -0.506 e. The molecule has 2 heterocycles. The summed E-state index contributed by atoms with van der Waals surface area (Å²) in [5, 5.41) is 12.1. The zero-order valence-corrected chi connectivity index (χ0v) is 24.1. The van der Waals surface area contributed by atoms with E-state index in [1.807, 2.05) is 24.8 Å². The average Bonchev–Trinajstić information content (AvgIpc) is 3.70. The number of likely N-dealkylation sites (tertiary alicyclic amines) is 1. The maximum Gasteiger partial charge on any atom is 0.340 e. The number of hydrogen-bond donors (Lipinski definition) is 1. The third-order valence-electron chi connectivity index (χ3n) is 7.48. The smallest absolute Gasteiger partial charge is 0.340 e. The molecule has 2 aliphatic rings.